The number of hydrogen-bond acceptors (Lipinski definition) is 2. The summed E-state index contributed by atoms with van der Waals surface area (Å²) in [6, 6.07) is 3.19. The van der Waals surface area contributed by atoms with E-state index in [1.165, 1.54) is 32.1 Å². The van der Waals surface area contributed by atoms with Gasteiger partial charge < -0.3 is 5.32 Å². The molecule has 1 N–H and O–H groups in total. The van der Waals surface area contributed by atoms with Gasteiger partial charge in [-0.15, -0.1) is 0 Å². The maximum Gasteiger partial charge on any atom is 0.0615 e. The van der Waals surface area contributed by atoms with Crippen LogP contribution < -0.4 is 5.32 Å². The van der Waals surface area contributed by atoms with Crippen molar-refractivity contribution in [2.75, 3.05) is 6.54 Å². The summed E-state index contributed by atoms with van der Waals surface area (Å²) in [7, 11) is 0. The molecule has 1 unspecified atom stereocenters. The van der Waals surface area contributed by atoms with Crippen LogP contribution in [-0.2, 0) is 0 Å². The molecule has 1 aromatic rings. The van der Waals surface area contributed by atoms with Crippen LogP contribution in [0.1, 0.15) is 45.1 Å². The summed E-state index contributed by atoms with van der Waals surface area (Å²) >= 11 is 0. The third-order valence-electron chi connectivity index (χ3n) is 3.28. The number of rotatable bonds is 4. The van der Waals surface area contributed by atoms with Crippen LogP contribution in [0.3, 0.4) is 0 Å². The lowest BCUT2D eigenvalue weighted by atomic mass is 9.95. The maximum absolute atomic E-state index is 4.26. The quantitative estimate of drug-likeness (QED) is 0.821. The van der Waals surface area contributed by atoms with Gasteiger partial charge in [0.15, 0.2) is 0 Å². The van der Waals surface area contributed by atoms with E-state index in [2.05, 4.69) is 17.3 Å². The van der Waals surface area contributed by atoms with Crippen LogP contribution in [0.4, 0.5) is 0 Å². The Labute approximate surface area is 91.9 Å². The summed E-state index contributed by atoms with van der Waals surface area (Å²) in [5, 5.41) is 7.91. The van der Waals surface area contributed by atoms with E-state index in [4.69, 9.17) is 0 Å². The number of hydrogen-bond donors (Lipinski definition) is 1. The number of nitrogens with one attached hydrogen (secondary N) is 1. The molecule has 1 heterocycles. The molecule has 3 heteroatoms. The Bertz CT molecular complexity index is 262. The lowest BCUT2D eigenvalue weighted by molar-refractivity contribution is 0.344. The van der Waals surface area contributed by atoms with Gasteiger partial charge in [-0.25, -0.2) is 0 Å². The second-order valence-corrected chi connectivity index (χ2v) is 4.58. The summed E-state index contributed by atoms with van der Waals surface area (Å²) in [6.07, 6.45) is 10.8. The van der Waals surface area contributed by atoms with Crippen LogP contribution in [0.25, 0.3) is 0 Å². The first-order valence-electron chi connectivity index (χ1n) is 6.09. The molecule has 0 aliphatic heterocycles. The predicted octanol–water partition coefficient (Wildman–Crippen LogP) is 2.37. The van der Waals surface area contributed by atoms with Crippen LogP contribution in [0, 0.1) is 0 Å². The van der Waals surface area contributed by atoms with Gasteiger partial charge in [0.25, 0.3) is 0 Å². The van der Waals surface area contributed by atoms with Gasteiger partial charge >= 0.3 is 0 Å². The SMILES string of the molecule is CC(CNC1CCCCC1)n1cccn1. The Morgan fingerprint density at radius 2 is 2.20 bits per heavy atom. The highest BCUT2D eigenvalue weighted by Gasteiger charge is 2.13. The van der Waals surface area contributed by atoms with Gasteiger partial charge in [0.1, 0.15) is 0 Å². The zero-order valence-electron chi connectivity index (χ0n) is 9.52. The van der Waals surface area contributed by atoms with Gasteiger partial charge in [-0.3, -0.25) is 4.68 Å². The van der Waals surface area contributed by atoms with Crippen LogP contribution in [-0.4, -0.2) is 22.4 Å². The Morgan fingerprint density at radius 3 is 2.87 bits per heavy atom. The standard InChI is InChI=1S/C12H21N3/c1-11(15-9-5-8-14-15)10-13-12-6-3-2-4-7-12/h5,8-9,11-13H,2-4,6-7,10H2,1H3. The van der Waals surface area contributed by atoms with E-state index in [-0.39, 0.29) is 0 Å². The summed E-state index contributed by atoms with van der Waals surface area (Å²) < 4.78 is 2.02. The zero-order valence-corrected chi connectivity index (χ0v) is 9.52. The first kappa shape index (κ1) is 10.7. The summed E-state index contributed by atoms with van der Waals surface area (Å²) in [6.45, 7) is 3.25. The van der Waals surface area contributed by atoms with Crippen LogP contribution in [0.15, 0.2) is 18.5 Å². The molecule has 1 aliphatic rings. The Kier molecular flexibility index (Phi) is 3.78. The second kappa shape index (κ2) is 5.31. The van der Waals surface area contributed by atoms with Gasteiger partial charge in [0, 0.05) is 25.0 Å². The highest BCUT2D eigenvalue weighted by molar-refractivity contribution is 4.82. The van der Waals surface area contributed by atoms with Gasteiger partial charge in [-0.1, -0.05) is 19.3 Å². The van der Waals surface area contributed by atoms with E-state index < -0.39 is 0 Å². The zero-order chi connectivity index (χ0) is 10.5. The van der Waals surface area contributed by atoms with Crippen molar-refractivity contribution < 1.29 is 0 Å². The van der Waals surface area contributed by atoms with Crippen LogP contribution in [0.5, 0.6) is 0 Å². The van der Waals surface area contributed by atoms with Crippen molar-refractivity contribution in [1.29, 1.82) is 0 Å². The molecule has 0 saturated heterocycles. The molecule has 15 heavy (non-hydrogen) atoms. The molecule has 84 valence electrons. The fourth-order valence-electron chi connectivity index (χ4n) is 2.28. The van der Waals surface area contributed by atoms with Crippen molar-refractivity contribution in [3.05, 3.63) is 18.5 Å². The molecule has 0 spiro atoms. The Morgan fingerprint density at radius 1 is 1.40 bits per heavy atom. The number of aromatic nitrogens is 2. The molecule has 1 saturated carbocycles. The lowest BCUT2D eigenvalue weighted by Gasteiger charge is -2.24. The van der Waals surface area contributed by atoms with E-state index in [1.54, 1.807) is 0 Å². The molecular formula is C12H21N3. The van der Waals surface area contributed by atoms with E-state index in [0.717, 1.165) is 12.6 Å². The summed E-state index contributed by atoms with van der Waals surface area (Å²) in [5.41, 5.74) is 0. The van der Waals surface area contributed by atoms with Crippen molar-refractivity contribution in [3.63, 3.8) is 0 Å². The third-order valence-corrected chi connectivity index (χ3v) is 3.28. The molecule has 0 bridgehead atoms. The van der Waals surface area contributed by atoms with Crippen LogP contribution >= 0.6 is 0 Å². The predicted molar refractivity (Wildman–Crippen MR) is 61.8 cm³/mol. The van der Waals surface area contributed by atoms with E-state index in [0.29, 0.717) is 6.04 Å². The van der Waals surface area contributed by atoms with Gasteiger partial charge in [0.05, 0.1) is 6.04 Å². The maximum atomic E-state index is 4.26. The molecule has 3 nitrogen and oxygen atoms in total. The molecule has 1 aliphatic carbocycles. The molecule has 1 aromatic heterocycles. The van der Waals surface area contributed by atoms with Crippen molar-refractivity contribution in [2.45, 2.75) is 51.1 Å². The van der Waals surface area contributed by atoms with Gasteiger partial charge in [-0.2, -0.15) is 5.10 Å². The van der Waals surface area contributed by atoms with Crippen molar-refractivity contribution in [2.24, 2.45) is 0 Å². The molecule has 1 fully saturated rings. The van der Waals surface area contributed by atoms with Crippen molar-refractivity contribution in [3.8, 4) is 0 Å². The summed E-state index contributed by atoms with van der Waals surface area (Å²) in [4.78, 5) is 0. The van der Waals surface area contributed by atoms with Gasteiger partial charge in [0.2, 0.25) is 0 Å². The minimum Gasteiger partial charge on any atom is -0.312 e. The smallest absolute Gasteiger partial charge is 0.0615 e. The highest BCUT2D eigenvalue weighted by Crippen LogP contribution is 2.17. The molecule has 0 radical (unpaired) electrons. The average molecular weight is 207 g/mol. The van der Waals surface area contributed by atoms with Crippen LogP contribution in [0.2, 0.25) is 0 Å². The largest absolute Gasteiger partial charge is 0.312 e. The van der Waals surface area contributed by atoms with Crippen molar-refractivity contribution in [1.82, 2.24) is 15.1 Å². The highest BCUT2D eigenvalue weighted by atomic mass is 15.3. The fraction of sp³-hybridized carbons (Fsp3) is 0.750. The molecule has 0 aromatic carbocycles. The number of nitrogens with zero attached hydrogens (tertiary/aromatic N) is 2. The topological polar surface area (TPSA) is 29.9 Å². The minimum atomic E-state index is 0.460. The van der Waals surface area contributed by atoms with E-state index >= 15 is 0 Å². The monoisotopic (exact) mass is 207 g/mol. The molecule has 0 amide bonds. The third kappa shape index (κ3) is 3.06. The Balaban J connectivity index is 1.73. The first-order chi connectivity index (χ1) is 7.36. The lowest BCUT2D eigenvalue weighted by Crippen LogP contribution is -2.35. The van der Waals surface area contributed by atoms with E-state index in [1.807, 2.05) is 23.1 Å². The Hall–Kier alpha value is -0.830. The fourth-order valence-corrected chi connectivity index (χ4v) is 2.28. The minimum absolute atomic E-state index is 0.460. The van der Waals surface area contributed by atoms with Gasteiger partial charge in [-0.05, 0) is 25.8 Å². The normalized spacial score (nSPS) is 20.3. The first-order valence-corrected chi connectivity index (χ1v) is 6.09. The molecular weight excluding hydrogens is 186 g/mol. The second-order valence-electron chi connectivity index (χ2n) is 4.58. The average Bonchev–Trinajstić information content (AvgIpc) is 2.81. The van der Waals surface area contributed by atoms with Crippen molar-refractivity contribution >= 4 is 0 Å². The molecule has 1 atom stereocenters. The summed E-state index contributed by atoms with van der Waals surface area (Å²) in [5.74, 6) is 0. The van der Waals surface area contributed by atoms with E-state index in [9.17, 15) is 0 Å². The molecule has 2 rings (SSSR count).